The zero-order valence-electron chi connectivity index (χ0n) is 8.84. The van der Waals surface area contributed by atoms with E-state index < -0.39 is 0 Å². The van der Waals surface area contributed by atoms with Gasteiger partial charge in [-0.05, 0) is 12.8 Å². The lowest BCUT2D eigenvalue weighted by Crippen LogP contribution is -2.25. The van der Waals surface area contributed by atoms with E-state index in [4.69, 9.17) is 4.74 Å². The Morgan fingerprint density at radius 3 is 2.46 bits per heavy atom. The Hall–Kier alpha value is -0.570. The first-order valence-electron chi connectivity index (χ1n) is 4.95. The van der Waals surface area contributed by atoms with Gasteiger partial charge in [-0.25, -0.2) is 4.79 Å². The number of unbranched alkanes of at least 4 members (excludes halogenated alkanes) is 1. The van der Waals surface area contributed by atoms with Crippen molar-refractivity contribution in [2.45, 2.75) is 45.6 Å². The van der Waals surface area contributed by atoms with E-state index in [0.717, 1.165) is 25.7 Å². The third-order valence-electron chi connectivity index (χ3n) is 1.81. The number of methoxy groups -OCH3 is 1. The second-order valence-corrected chi connectivity index (χ2v) is 3.02. The Labute approximate surface area is 80.4 Å². The monoisotopic (exact) mass is 188 g/mol. The molecule has 0 aromatic rings. The first kappa shape index (κ1) is 12.4. The van der Waals surface area contributed by atoms with Crippen molar-refractivity contribution in [1.29, 1.82) is 0 Å². The van der Waals surface area contributed by atoms with E-state index >= 15 is 0 Å². The molecular weight excluding hydrogens is 168 g/mol. The summed E-state index contributed by atoms with van der Waals surface area (Å²) >= 11 is 0. The van der Waals surface area contributed by atoms with Crippen molar-refractivity contribution in [3.05, 3.63) is 0 Å². The maximum absolute atomic E-state index is 11.2. The second-order valence-electron chi connectivity index (χ2n) is 3.02. The molecule has 1 unspecified atom stereocenters. The lowest BCUT2D eigenvalue weighted by Gasteiger charge is -2.14. The summed E-state index contributed by atoms with van der Waals surface area (Å²) in [7, 11) is 1.40. The van der Waals surface area contributed by atoms with Crippen LogP contribution >= 0.6 is 0 Å². The molecule has 0 saturated carbocycles. The number of hydrogen-bond donors (Lipinski definition) is 0. The summed E-state index contributed by atoms with van der Waals surface area (Å²) in [4.78, 5) is 11.2. The molecule has 0 fully saturated rings. The standard InChI is InChI=1S/C10H20O3/c1-4-6-7-9(10(11)12-3)13-8-5-2/h9H,4-8H2,1-3H3. The van der Waals surface area contributed by atoms with E-state index in [9.17, 15) is 4.79 Å². The predicted octanol–water partition coefficient (Wildman–Crippen LogP) is 2.14. The highest BCUT2D eigenvalue weighted by Crippen LogP contribution is 2.07. The van der Waals surface area contributed by atoms with Gasteiger partial charge in [0.2, 0.25) is 0 Å². The van der Waals surface area contributed by atoms with Crippen molar-refractivity contribution in [3.8, 4) is 0 Å². The van der Waals surface area contributed by atoms with Crippen molar-refractivity contribution < 1.29 is 14.3 Å². The molecule has 0 aliphatic heterocycles. The van der Waals surface area contributed by atoms with Gasteiger partial charge < -0.3 is 9.47 Å². The van der Waals surface area contributed by atoms with E-state index in [1.165, 1.54) is 7.11 Å². The van der Waals surface area contributed by atoms with E-state index in [1.54, 1.807) is 0 Å². The van der Waals surface area contributed by atoms with Gasteiger partial charge in [0.05, 0.1) is 7.11 Å². The van der Waals surface area contributed by atoms with Crippen molar-refractivity contribution in [3.63, 3.8) is 0 Å². The summed E-state index contributed by atoms with van der Waals surface area (Å²) < 4.78 is 10.0. The molecule has 13 heavy (non-hydrogen) atoms. The molecular formula is C10H20O3. The number of ether oxygens (including phenoxy) is 2. The SMILES string of the molecule is CCCCC(OCCC)C(=O)OC. The normalized spacial score (nSPS) is 12.5. The Balaban J connectivity index is 3.79. The van der Waals surface area contributed by atoms with E-state index in [1.807, 2.05) is 6.92 Å². The van der Waals surface area contributed by atoms with Gasteiger partial charge in [0, 0.05) is 6.61 Å². The van der Waals surface area contributed by atoms with Gasteiger partial charge in [-0.1, -0.05) is 26.7 Å². The summed E-state index contributed by atoms with van der Waals surface area (Å²) in [6.07, 6.45) is 3.42. The van der Waals surface area contributed by atoms with Crippen molar-refractivity contribution in [2.24, 2.45) is 0 Å². The Kier molecular flexibility index (Phi) is 7.69. The van der Waals surface area contributed by atoms with Crippen LogP contribution in [0.5, 0.6) is 0 Å². The van der Waals surface area contributed by atoms with Gasteiger partial charge in [0.15, 0.2) is 6.10 Å². The lowest BCUT2D eigenvalue weighted by molar-refractivity contribution is -0.154. The van der Waals surface area contributed by atoms with Crippen LogP contribution in [0.15, 0.2) is 0 Å². The predicted molar refractivity (Wildman–Crippen MR) is 51.6 cm³/mol. The molecule has 0 aliphatic rings. The minimum atomic E-state index is -0.357. The molecule has 0 rings (SSSR count). The molecule has 0 N–H and O–H groups in total. The molecule has 3 nitrogen and oxygen atoms in total. The molecule has 0 amide bonds. The van der Waals surface area contributed by atoms with Crippen LogP contribution in [0.1, 0.15) is 39.5 Å². The third-order valence-corrected chi connectivity index (χ3v) is 1.81. The number of carbonyl (C=O) groups is 1. The highest BCUT2D eigenvalue weighted by atomic mass is 16.6. The Morgan fingerprint density at radius 1 is 1.31 bits per heavy atom. The zero-order valence-corrected chi connectivity index (χ0v) is 8.84. The van der Waals surface area contributed by atoms with Crippen LogP contribution in [0.2, 0.25) is 0 Å². The lowest BCUT2D eigenvalue weighted by atomic mass is 10.1. The van der Waals surface area contributed by atoms with Crippen LogP contribution in [0, 0.1) is 0 Å². The molecule has 1 atom stereocenters. The topological polar surface area (TPSA) is 35.5 Å². The maximum atomic E-state index is 11.2. The molecule has 0 spiro atoms. The molecule has 3 heteroatoms. The highest BCUT2D eigenvalue weighted by Gasteiger charge is 2.18. The summed E-state index contributed by atoms with van der Waals surface area (Å²) in [6.45, 7) is 4.74. The minimum absolute atomic E-state index is 0.248. The molecule has 78 valence electrons. The number of esters is 1. The molecule has 0 bridgehead atoms. The van der Waals surface area contributed by atoms with E-state index in [-0.39, 0.29) is 12.1 Å². The fraction of sp³-hybridized carbons (Fsp3) is 0.900. The molecule has 0 heterocycles. The maximum Gasteiger partial charge on any atom is 0.334 e. The average molecular weight is 188 g/mol. The van der Waals surface area contributed by atoms with Gasteiger partial charge in [0.25, 0.3) is 0 Å². The van der Waals surface area contributed by atoms with Gasteiger partial charge in [-0.2, -0.15) is 0 Å². The second kappa shape index (κ2) is 8.05. The Bertz CT molecular complexity index is 126. The number of hydrogen-bond acceptors (Lipinski definition) is 3. The van der Waals surface area contributed by atoms with Gasteiger partial charge >= 0.3 is 5.97 Å². The van der Waals surface area contributed by atoms with Crippen LogP contribution in [0.25, 0.3) is 0 Å². The van der Waals surface area contributed by atoms with Gasteiger partial charge in [0.1, 0.15) is 0 Å². The highest BCUT2D eigenvalue weighted by molar-refractivity contribution is 5.74. The van der Waals surface area contributed by atoms with Crippen LogP contribution in [-0.4, -0.2) is 25.8 Å². The largest absolute Gasteiger partial charge is 0.467 e. The van der Waals surface area contributed by atoms with E-state index in [2.05, 4.69) is 11.7 Å². The van der Waals surface area contributed by atoms with Crippen molar-refractivity contribution >= 4 is 5.97 Å². The Morgan fingerprint density at radius 2 is 2.00 bits per heavy atom. The van der Waals surface area contributed by atoms with Crippen molar-refractivity contribution in [2.75, 3.05) is 13.7 Å². The quantitative estimate of drug-likeness (QED) is 0.574. The van der Waals surface area contributed by atoms with Gasteiger partial charge in [-0.3, -0.25) is 0 Å². The molecule has 0 saturated heterocycles. The number of carbonyl (C=O) groups excluding carboxylic acids is 1. The van der Waals surface area contributed by atoms with Crippen molar-refractivity contribution in [1.82, 2.24) is 0 Å². The fourth-order valence-corrected chi connectivity index (χ4v) is 1.05. The fourth-order valence-electron chi connectivity index (χ4n) is 1.05. The summed E-state index contributed by atoms with van der Waals surface area (Å²) in [5.41, 5.74) is 0. The molecule has 0 radical (unpaired) electrons. The van der Waals surface area contributed by atoms with Gasteiger partial charge in [-0.15, -0.1) is 0 Å². The number of rotatable bonds is 7. The molecule has 0 aromatic carbocycles. The van der Waals surface area contributed by atoms with Crippen LogP contribution in [0.3, 0.4) is 0 Å². The molecule has 0 aromatic heterocycles. The van der Waals surface area contributed by atoms with Crippen LogP contribution in [-0.2, 0) is 14.3 Å². The van der Waals surface area contributed by atoms with Crippen LogP contribution in [0.4, 0.5) is 0 Å². The first-order valence-corrected chi connectivity index (χ1v) is 4.95. The zero-order chi connectivity index (χ0) is 10.1. The third kappa shape index (κ3) is 5.64. The minimum Gasteiger partial charge on any atom is -0.467 e. The van der Waals surface area contributed by atoms with E-state index in [0.29, 0.717) is 6.61 Å². The summed E-state index contributed by atoms with van der Waals surface area (Å²) in [6, 6.07) is 0. The smallest absolute Gasteiger partial charge is 0.334 e. The first-order chi connectivity index (χ1) is 6.26. The summed E-state index contributed by atoms with van der Waals surface area (Å²) in [5.74, 6) is -0.248. The average Bonchev–Trinajstić information content (AvgIpc) is 2.17. The molecule has 0 aliphatic carbocycles. The summed E-state index contributed by atoms with van der Waals surface area (Å²) in [5, 5.41) is 0. The van der Waals surface area contributed by atoms with Crippen LogP contribution < -0.4 is 0 Å².